The molecule has 1 unspecified atom stereocenters. The van der Waals surface area contributed by atoms with Gasteiger partial charge in [0.25, 0.3) is 0 Å². The van der Waals surface area contributed by atoms with Crippen molar-refractivity contribution >= 4 is 22.7 Å². The molecule has 0 spiro atoms. The smallest absolute Gasteiger partial charge is 0.124 e. The van der Waals surface area contributed by atoms with Gasteiger partial charge in [-0.15, -0.1) is 11.3 Å². The molecule has 1 N–H and O–H groups in total. The molecule has 3 rings (SSSR count). The Bertz CT molecular complexity index is 515. The summed E-state index contributed by atoms with van der Waals surface area (Å²) in [5.74, 6) is 0. The van der Waals surface area contributed by atoms with Crippen molar-refractivity contribution < 1.29 is 0 Å². The summed E-state index contributed by atoms with van der Waals surface area (Å²) in [6.45, 7) is 3.24. The molecule has 2 aromatic rings. The van der Waals surface area contributed by atoms with E-state index in [1.54, 1.807) is 22.7 Å². The topological polar surface area (TPSA) is 28.2 Å². The molecule has 0 bridgehead atoms. The predicted molar refractivity (Wildman–Crippen MR) is 87.4 cm³/mol. The fourth-order valence-corrected chi connectivity index (χ4v) is 4.22. The van der Waals surface area contributed by atoms with Crippen LogP contribution in [-0.4, -0.2) is 36.1 Å². The van der Waals surface area contributed by atoms with Crippen molar-refractivity contribution in [3.05, 3.63) is 27.9 Å². The number of aromatic nitrogens is 1. The monoisotopic (exact) mass is 307 g/mol. The minimum Gasteiger partial charge on any atom is -0.313 e. The molecule has 0 saturated carbocycles. The third-order valence-corrected chi connectivity index (χ3v) is 5.32. The molecule has 20 heavy (non-hydrogen) atoms. The lowest BCUT2D eigenvalue weighted by atomic mass is 10.0. The fourth-order valence-electron chi connectivity index (χ4n) is 2.70. The minimum atomic E-state index is 0.656. The molecule has 3 nitrogen and oxygen atoms in total. The van der Waals surface area contributed by atoms with E-state index in [0.29, 0.717) is 6.04 Å². The van der Waals surface area contributed by atoms with E-state index in [2.05, 4.69) is 39.5 Å². The molecule has 1 atom stereocenters. The van der Waals surface area contributed by atoms with Crippen LogP contribution in [0.1, 0.15) is 25.0 Å². The summed E-state index contributed by atoms with van der Waals surface area (Å²) in [6.07, 6.45) is 4.00. The highest BCUT2D eigenvalue weighted by Gasteiger charge is 2.15. The number of hydrogen-bond donors (Lipinski definition) is 1. The van der Waals surface area contributed by atoms with Gasteiger partial charge < -0.3 is 5.32 Å². The van der Waals surface area contributed by atoms with Crippen LogP contribution >= 0.6 is 22.7 Å². The molecule has 0 aliphatic carbocycles. The molecule has 5 heteroatoms. The van der Waals surface area contributed by atoms with Crippen LogP contribution in [0.4, 0.5) is 0 Å². The van der Waals surface area contributed by atoms with Crippen LogP contribution in [0.15, 0.2) is 22.2 Å². The Labute approximate surface area is 128 Å². The zero-order chi connectivity index (χ0) is 13.8. The van der Waals surface area contributed by atoms with Crippen LogP contribution < -0.4 is 5.32 Å². The molecular weight excluding hydrogens is 286 g/mol. The Balaban J connectivity index is 1.54. The van der Waals surface area contributed by atoms with E-state index in [9.17, 15) is 0 Å². The van der Waals surface area contributed by atoms with Gasteiger partial charge in [0, 0.05) is 35.5 Å². The van der Waals surface area contributed by atoms with E-state index >= 15 is 0 Å². The molecule has 1 saturated heterocycles. The van der Waals surface area contributed by atoms with Gasteiger partial charge in [-0.1, -0.05) is 6.42 Å². The summed E-state index contributed by atoms with van der Waals surface area (Å²) in [5.41, 5.74) is 2.44. The fraction of sp³-hybridized carbons (Fsp3) is 0.533. The molecule has 1 aliphatic rings. The predicted octanol–water partition coefficient (Wildman–Crippen LogP) is 3.45. The quantitative estimate of drug-likeness (QED) is 0.917. The largest absolute Gasteiger partial charge is 0.313 e. The van der Waals surface area contributed by atoms with Crippen LogP contribution in [0, 0.1) is 0 Å². The van der Waals surface area contributed by atoms with Crippen molar-refractivity contribution in [2.24, 2.45) is 0 Å². The first kappa shape index (κ1) is 14.2. The van der Waals surface area contributed by atoms with Crippen molar-refractivity contribution in [3.8, 4) is 10.6 Å². The molecule has 108 valence electrons. The first-order chi connectivity index (χ1) is 9.81. The lowest BCUT2D eigenvalue weighted by Crippen LogP contribution is -2.42. The van der Waals surface area contributed by atoms with Crippen molar-refractivity contribution in [1.29, 1.82) is 0 Å². The molecule has 1 aliphatic heterocycles. The molecule has 1 fully saturated rings. The first-order valence-electron chi connectivity index (χ1n) is 7.20. The summed E-state index contributed by atoms with van der Waals surface area (Å²) in [5, 5.41) is 11.2. The number of rotatable bonds is 5. The Morgan fingerprint density at radius 2 is 2.35 bits per heavy atom. The molecule has 3 heterocycles. The van der Waals surface area contributed by atoms with Crippen LogP contribution in [0.3, 0.4) is 0 Å². The van der Waals surface area contributed by atoms with Gasteiger partial charge in [-0.05, 0) is 37.9 Å². The SMILES string of the molecule is CN(Cc1csc(-c2ccsc2)n1)CC1CCCCN1. The Hall–Kier alpha value is -0.750. The highest BCUT2D eigenvalue weighted by molar-refractivity contribution is 7.14. The first-order valence-corrected chi connectivity index (χ1v) is 9.02. The summed E-state index contributed by atoms with van der Waals surface area (Å²) in [4.78, 5) is 7.13. The van der Waals surface area contributed by atoms with E-state index in [-0.39, 0.29) is 0 Å². The Kier molecular flexibility index (Phi) is 4.83. The average molecular weight is 307 g/mol. The molecule has 0 aromatic carbocycles. The number of nitrogens with one attached hydrogen (secondary N) is 1. The standard InChI is InChI=1S/C15H21N3S2/c1-18(8-13-4-2-3-6-16-13)9-14-11-20-15(17-14)12-5-7-19-10-12/h5,7,10-11,13,16H,2-4,6,8-9H2,1H3. The average Bonchev–Trinajstić information content (AvgIpc) is 3.10. The molecular formula is C15H21N3S2. The third kappa shape index (κ3) is 3.67. The highest BCUT2D eigenvalue weighted by Crippen LogP contribution is 2.26. The number of thiazole rings is 1. The Morgan fingerprint density at radius 1 is 1.40 bits per heavy atom. The summed E-state index contributed by atoms with van der Waals surface area (Å²) in [7, 11) is 2.19. The van der Waals surface area contributed by atoms with Gasteiger partial charge in [-0.3, -0.25) is 4.90 Å². The van der Waals surface area contributed by atoms with Crippen LogP contribution in [0.25, 0.3) is 10.6 Å². The number of thiophene rings is 1. The maximum atomic E-state index is 4.75. The van der Waals surface area contributed by atoms with Crippen molar-refractivity contribution in [2.45, 2.75) is 31.8 Å². The lowest BCUT2D eigenvalue weighted by Gasteiger charge is -2.27. The van der Waals surface area contributed by atoms with Gasteiger partial charge in [0.1, 0.15) is 5.01 Å². The van der Waals surface area contributed by atoms with E-state index in [1.807, 2.05) is 0 Å². The van der Waals surface area contributed by atoms with E-state index in [4.69, 9.17) is 4.98 Å². The minimum absolute atomic E-state index is 0.656. The zero-order valence-corrected chi connectivity index (χ0v) is 13.5. The third-order valence-electron chi connectivity index (χ3n) is 3.70. The van der Waals surface area contributed by atoms with Gasteiger partial charge in [0.05, 0.1) is 5.69 Å². The number of nitrogens with zero attached hydrogens (tertiary/aromatic N) is 2. The number of likely N-dealkylation sites (N-methyl/N-ethyl adjacent to an activating group) is 1. The van der Waals surface area contributed by atoms with Crippen LogP contribution in [-0.2, 0) is 6.54 Å². The van der Waals surface area contributed by atoms with Gasteiger partial charge >= 0.3 is 0 Å². The maximum Gasteiger partial charge on any atom is 0.124 e. The molecule has 0 radical (unpaired) electrons. The Morgan fingerprint density at radius 3 is 3.10 bits per heavy atom. The highest BCUT2D eigenvalue weighted by atomic mass is 32.1. The maximum absolute atomic E-state index is 4.75. The van der Waals surface area contributed by atoms with Crippen LogP contribution in [0.2, 0.25) is 0 Å². The molecule has 0 amide bonds. The number of piperidine rings is 1. The van der Waals surface area contributed by atoms with Crippen molar-refractivity contribution in [3.63, 3.8) is 0 Å². The van der Waals surface area contributed by atoms with Crippen LogP contribution in [0.5, 0.6) is 0 Å². The second-order valence-electron chi connectivity index (χ2n) is 5.50. The van der Waals surface area contributed by atoms with Gasteiger partial charge in [-0.25, -0.2) is 4.98 Å². The van der Waals surface area contributed by atoms with Gasteiger partial charge in [0.15, 0.2) is 0 Å². The summed E-state index contributed by atoms with van der Waals surface area (Å²) < 4.78 is 0. The van der Waals surface area contributed by atoms with Crippen molar-refractivity contribution in [1.82, 2.24) is 15.2 Å². The van der Waals surface area contributed by atoms with Crippen molar-refractivity contribution in [2.75, 3.05) is 20.1 Å². The van der Waals surface area contributed by atoms with Gasteiger partial charge in [-0.2, -0.15) is 11.3 Å². The zero-order valence-electron chi connectivity index (χ0n) is 11.8. The lowest BCUT2D eigenvalue weighted by molar-refractivity contribution is 0.255. The summed E-state index contributed by atoms with van der Waals surface area (Å²) >= 11 is 3.48. The number of hydrogen-bond acceptors (Lipinski definition) is 5. The second kappa shape index (κ2) is 6.80. The van der Waals surface area contributed by atoms with E-state index in [0.717, 1.165) is 18.1 Å². The van der Waals surface area contributed by atoms with E-state index in [1.165, 1.54) is 37.1 Å². The second-order valence-corrected chi connectivity index (χ2v) is 7.14. The molecule has 2 aromatic heterocycles. The normalized spacial score (nSPS) is 19.6. The summed E-state index contributed by atoms with van der Waals surface area (Å²) in [6, 6.07) is 2.80. The van der Waals surface area contributed by atoms with E-state index < -0.39 is 0 Å². The van der Waals surface area contributed by atoms with Gasteiger partial charge in [0.2, 0.25) is 0 Å².